The minimum Gasteiger partial charge on any atom is -0.338 e. The first kappa shape index (κ1) is 16.9. The number of halogens is 2. The Morgan fingerprint density at radius 2 is 2.10 bits per heavy atom. The minimum absolute atomic E-state index is 0. The predicted octanol–water partition coefficient (Wildman–Crippen LogP) is 2.76. The number of amides is 1. The van der Waals surface area contributed by atoms with E-state index < -0.39 is 5.82 Å². The third-order valence-electron chi connectivity index (χ3n) is 3.95. The van der Waals surface area contributed by atoms with Gasteiger partial charge in [0.1, 0.15) is 5.82 Å². The standard InChI is InChI=1S/C15H21FN2O.ClH/c1-10-4-5-12(16)11(8-10)14(19)18-7-6-13(17)15(2,3)9-18;/h4-5,8,13H,6-7,9,17H2,1-3H3;1H. The summed E-state index contributed by atoms with van der Waals surface area (Å²) in [4.78, 5) is 14.1. The second kappa shape index (κ2) is 6.10. The smallest absolute Gasteiger partial charge is 0.256 e. The molecule has 1 aromatic rings. The van der Waals surface area contributed by atoms with Crippen LogP contribution in [0.4, 0.5) is 4.39 Å². The van der Waals surface area contributed by atoms with Gasteiger partial charge in [0.25, 0.3) is 5.91 Å². The van der Waals surface area contributed by atoms with Crippen molar-refractivity contribution >= 4 is 18.3 Å². The number of nitrogens with two attached hydrogens (primary N) is 1. The number of piperidine rings is 1. The summed E-state index contributed by atoms with van der Waals surface area (Å²) in [5.74, 6) is -0.690. The Morgan fingerprint density at radius 3 is 2.70 bits per heavy atom. The topological polar surface area (TPSA) is 46.3 Å². The van der Waals surface area contributed by atoms with Gasteiger partial charge in [-0.05, 0) is 30.9 Å². The molecule has 1 aromatic carbocycles. The Hall–Kier alpha value is -1.13. The molecule has 112 valence electrons. The minimum atomic E-state index is -0.455. The summed E-state index contributed by atoms with van der Waals surface area (Å²) >= 11 is 0. The summed E-state index contributed by atoms with van der Waals surface area (Å²) in [5, 5.41) is 0. The quantitative estimate of drug-likeness (QED) is 0.867. The highest BCUT2D eigenvalue weighted by atomic mass is 35.5. The molecule has 1 aliphatic rings. The molecule has 1 saturated heterocycles. The molecule has 0 spiro atoms. The molecule has 20 heavy (non-hydrogen) atoms. The van der Waals surface area contributed by atoms with E-state index >= 15 is 0 Å². The average molecular weight is 301 g/mol. The van der Waals surface area contributed by atoms with Crippen LogP contribution < -0.4 is 5.73 Å². The van der Waals surface area contributed by atoms with Crippen LogP contribution in [0.5, 0.6) is 0 Å². The van der Waals surface area contributed by atoms with E-state index in [0.717, 1.165) is 12.0 Å². The SMILES string of the molecule is Cc1ccc(F)c(C(=O)N2CCC(N)C(C)(C)C2)c1.Cl. The van der Waals surface area contributed by atoms with Gasteiger partial charge in [-0.15, -0.1) is 12.4 Å². The molecule has 0 saturated carbocycles. The van der Waals surface area contributed by atoms with Gasteiger partial charge in [-0.1, -0.05) is 25.5 Å². The molecule has 2 N–H and O–H groups in total. The number of rotatable bonds is 1. The number of carbonyl (C=O) groups is 1. The molecule has 1 aliphatic heterocycles. The molecule has 1 amide bonds. The molecule has 5 heteroatoms. The maximum absolute atomic E-state index is 13.8. The van der Waals surface area contributed by atoms with Gasteiger partial charge in [-0.3, -0.25) is 4.79 Å². The van der Waals surface area contributed by atoms with Gasteiger partial charge in [0.15, 0.2) is 0 Å². The van der Waals surface area contributed by atoms with Crippen LogP contribution in [0.1, 0.15) is 36.2 Å². The zero-order chi connectivity index (χ0) is 14.2. The number of nitrogens with zero attached hydrogens (tertiary/aromatic N) is 1. The molecule has 0 radical (unpaired) electrons. The molecule has 0 bridgehead atoms. The highest BCUT2D eigenvalue weighted by Crippen LogP contribution is 2.29. The van der Waals surface area contributed by atoms with Crippen molar-refractivity contribution in [2.24, 2.45) is 11.1 Å². The van der Waals surface area contributed by atoms with Gasteiger partial charge in [0.05, 0.1) is 5.56 Å². The van der Waals surface area contributed by atoms with Crippen LogP contribution in [-0.2, 0) is 0 Å². The van der Waals surface area contributed by atoms with Crippen molar-refractivity contribution in [1.82, 2.24) is 4.90 Å². The Labute approximate surface area is 125 Å². The fourth-order valence-corrected chi connectivity index (χ4v) is 2.52. The number of hydrogen-bond donors (Lipinski definition) is 1. The molecular formula is C15H22ClFN2O. The summed E-state index contributed by atoms with van der Waals surface area (Å²) in [5.41, 5.74) is 6.97. The number of carbonyl (C=O) groups excluding carboxylic acids is 1. The van der Waals surface area contributed by atoms with Gasteiger partial charge >= 0.3 is 0 Å². The predicted molar refractivity (Wildman–Crippen MR) is 80.7 cm³/mol. The Balaban J connectivity index is 0.00000200. The van der Waals surface area contributed by atoms with E-state index in [-0.39, 0.29) is 35.3 Å². The summed E-state index contributed by atoms with van der Waals surface area (Å²) in [6.07, 6.45) is 0.756. The van der Waals surface area contributed by atoms with Crippen LogP contribution in [-0.4, -0.2) is 29.9 Å². The van der Waals surface area contributed by atoms with Gasteiger partial charge in [-0.2, -0.15) is 0 Å². The Bertz CT molecular complexity index is 505. The zero-order valence-electron chi connectivity index (χ0n) is 12.1. The summed E-state index contributed by atoms with van der Waals surface area (Å²) in [7, 11) is 0. The van der Waals surface area contributed by atoms with Gasteiger partial charge < -0.3 is 10.6 Å². The summed E-state index contributed by atoms with van der Waals surface area (Å²) in [6.45, 7) is 7.11. The normalized spacial score (nSPS) is 21.2. The molecule has 0 aromatic heterocycles. The van der Waals surface area contributed by atoms with Crippen molar-refractivity contribution in [2.75, 3.05) is 13.1 Å². The average Bonchev–Trinajstić information content (AvgIpc) is 2.35. The first-order valence-corrected chi connectivity index (χ1v) is 6.62. The van der Waals surface area contributed by atoms with Gasteiger partial charge in [-0.25, -0.2) is 4.39 Å². The molecule has 2 rings (SSSR count). The van der Waals surface area contributed by atoms with Crippen LogP contribution in [0.25, 0.3) is 0 Å². The van der Waals surface area contributed by atoms with Crippen molar-refractivity contribution in [2.45, 2.75) is 33.2 Å². The van der Waals surface area contributed by atoms with Crippen molar-refractivity contribution in [1.29, 1.82) is 0 Å². The van der Waals surface area contributed by atoms with E-state index in [1.54, 1.807) is 17.0 Å². The first-order chi connectivity index (χ1) is 8.81. The lowest BCUT2D eigenvalue weighted by atomic mass is 9.79. The van der Waals surface area contributed by atoms with Crippen molar-refractivity contribution in [3.05, 3.63) is 35.1 Å². The summed E-state index contributed by atoms with van der Waals surface area (Å²) in [6, 6.07) is 4.71. The maximum atomic E-state index is 13.8. The molecule has 3 nitrogen and oxygen atoms in total. The van der Waals surface area contributed by atoms with E-state index in [1.165, 1.54) is 6.07 Å². The second-order valence-electron chi connectivity index (χ2n) is 6.09. The van der Waals surface area contributed by atoms with E-state index in [0.29, 0.717) is 13.1 Å². The Kier molecular flexibility index (Phi) is 5.16. The second-order valence-corrected chi connectivity index (χ2v) is 6.09. The first-order valence-electron chi connectivity index (χ1n) is 6.62. The fraction of sp³-hybridized carbons (Fsp3) is 0.533. The lowest BCUT2D eigenvalue weighted by Crippen LogP contribution is -2.54. The van der Waals surface area contributed by atoms with Crippen LogP contribution >= 0.6 is 12.4 Å². The number of aryl methyl sites for hydroxylation is 1. The van der Waals surface area contributed by atoms with E-state index in [4.69, 9.17) is 5.73 Å². The molecule has 1 heterocycles. The van der Waals surface area contributed by atoms with Crippen LogP contribution in [0.15, 0.2) is 18.2 Å². The molecule has 0 aliphatic carbocycles. The lowest BCUT2D eigenvalue weighted by molar-refractivity contribution is 0.0528. The molecular weight excluding hydrogens is 279 g/mol. The van der Waals surface area contributed by atoms with E-state index in [1.807, 2.05) is 20.8 Å². The zero-order valence-corrected chi connectivity index (χ0v) is 13.0. The molecule has 1 unspecified atom stereocenters. The van der Waals surface area contributed by atoms with Crippen molar-refractivity contribution in [3.63, 3.8) is 0 Å². The monoisotopic (exact) mass is 300 g/mol. The fourth-order valence-electron chi connectivity index (χ4n) is 2.52. The summed E-state index contributed by atoms with van der Waals surface area (Å²) < 4.78 is 13.8. The third-order valence-corrected chi connectivity index (χ3v) is 3.95. The molecule has 1 atom stereocenters. The largest absolute Gasteiger partial charge is 0.338 e. The highest BCUT2D eigenvalue weighted by molar-refractivity contribution is 5.94. The number of likely N-dealkylation sites (tertiary alicyclic amines) is 1. The number of benzene rings is 1. The van der Waals surface area contributed by atoms with E-state index in [2.05, 4.69) is 0 Å². The van der Waals surface area contributed by atoms with Crippen molar-refractivity contribution in [3.8, 4) is 0 Å². The van der Waals surface area contributed by atoms with Crippen LogP contribution in [0.3, 0.4) is 0 Å². The van der Waals surface area contributed by atoms with Crippen LogP contribution in [0.2, 0.25) is 0 Å². The Morgan fingerprint density at radius 1 is 1.45 bits per heavy atom. The van der Waals surface area contributed by atoms with Crippen LogP contribution in [0, 0.1) is 18.2 Å². The highest BCUT2D eigenvalue weighted by Gasteiger charge is 2.36. The van der Waals surface area contributed by atoms with Gasteiger partial charge in [0, 0.05) is 19.1 Å². The maximum Gasteiger partial charge on any atom is 0.256 e. The molecule has 1 fully saturated rings. The van der Waals surface area contributed by atoms with Crippen molar-refractivity contribution < 1.29 is 9.18 Å². The third kappa shape index (κ3) is 3.30. The van der Waals surface area contributed by atoms with E-state index in [9.17, 15) is 9.18 Å². The van der Waals surface area contributed by atoms with Gasteiger partial charge in [0.2, 0.25) is 0 Å². The lowest BCUT2D eigenvalue weighted by Gasteiger charge is -2.42. The number of hydrogen-bond acceptors (Lipinski definition) is 2.